The molecular formula is C10H9Cl2N. The summed E-state index contributed by atoms with van der Waals surface area (Å²) >= 11 is 5.71. The van der Waals surface area contributed by atoms with Crippen molar-refractivity contribution in [2.75, 3.05) is 0 Å². The number of hydrogen-bond acceptors (Lipinski definition) is 1. The van der Waals surface area contributed by atoms with E-state index in [4.69, 9.17) is 11.6 Å². The van der Waals surface area contributed by atoms with Gasteiger partial charge in [0.25, 0.3) is 0 Å². The van der Waals surface area contributed by atoms with Gasteiger partial charge in [-0.1, -0.05) is 12.1 Å². The highest BCUT2D eigenvalue weighted by molar-refractivity contribution is 6.17. The van der Waals surface area contributed by atoms with Crippen molar-refractivity contribution < 1.29 is 0 Å². The summed E-state index contributed by atoms with van der Waals surface area (Å²) in [5.74, 6) is 0.560. The van der Waals surface area contributed by atoms with E-state index in [0.29, 0.717) is 5.88 Å². The fourth-order valence-electron chi connectivity index (χ4n) is 1.22. The molecule has 0 bridgehead atoms. The van der Waals surface area contributed by atoms with E-state index < -0.39 is 0 Å². The van der Waals surface area contributed by atoms with Crippen LogP contribution in [0.15, 0.2) is 36.7 Å². The molecule has 0 spiro atoms. The molecule has 1 nitrogen and oxygen atoms in total. The SMILES string of the molecule is Cl.ClCc1ccc2ccncc2c1. The molecule has 2 aromatic rings. The highest BCUT2D eigenvalue weighted by atomic mass is 35.5. The highest BCUT2D eigenvalue weighted by Gasteiger charge is 1.93. The molecule has 3 heteroatoms. The van der Waals surface area contributed by atoms with Gasteiger partial charge in [-0.3, -0.25) is 4.98 Å². The van der Waals surface area contributed by atoms with Crippen LogP contribution in [0.4, 0.5) is 0 Å². The molecule has 0 aliphatic carbocycles. The van der Waals surface area contributed by atoms with Gasteiger partial charge in [0, 0.05) is 23.7 Å². The van der Waals surface area contributed by atoms with Crippen LogP contribution in [0.3, 0.4) is 0 Å². The Morgan fingerprint density at radius 2 is 2.00 bits per heavy atom. The van der Waals surface area contributed by atoms with E-state index in [0.717, 1.165) is 10.9 Å². The Morgan fingerprint density at radius 3 is 2.77 bits per heavy atom. The van der Waals surface area contributed by atoms with Crippen molar-refractivity contribution in [1.82, 2.24) is 4.98 Å². The number of alkyl halides is 1. The van der Waals surface area contributed by atoms with Crippen LogP contribution < -0.4 is 0 Å². The van der Waals surface area contributed by atoms with Crippen LogP contribution in [-0.2, 0) is 5.88 Å². The summed E-state index contributed by atoms with van der Waals surface area (Å²) < 4.78 is 0. The second kappa shape index (κ2) is 4.45. The Kier molecular flexibility index (Phi) is 3.52. The van der Waals surface area contributed by atoms with Gasteiger partial charge in [0.05, 0.1) is 0 Å². The quantitative estimate of drug-likeness (QED) is 0.663. The van der Waals surface area contributed by atoms with Crippen molar-refractivity contribution in [2.24, 2.45) is 0 Å². The zero-order valence-electron chi connectivity index (χ0n) is 6.90. The van der Waals surface area contributed by atoms with Gasteiger partial charge in [-0.05, 0) is 23.1 Å². The molecule has 0 fully saturated rings. The van der Waals surface area contributed by atoms with Crippen LogP contribution in [0, 0.1) is 0 Å². The van der Waals surface area contributed by atoms with Gasteiger partial charge in [0.15, 0.2) is 0 Å². The van der Waals surface area contributed by atoms with Gasteiger partial charge in [-0.15, -0.1) is 24.0 Å². The van der Waals surface area contributed by atoms with E-state index in [-0.39, 0.29) is 12.4 Å². The lowest BCUT2D eigenvalue weighted by molar-refractivity contribution is 1.35. The molecule has 2 rings (SSSR count). The van der Waals surface area contributed by atoms with E-state index in [1.807, 2.05) is 18.3 Å². The lowest BCUT2D eigenvalue weighted by Gasteiger charge is -1.98. The first-order valence-corrected chi connectivity index (χ1v) is 4.32. The van der Waals surface area contributed by atoms with E-state index in [2.05, 4.69) is 17.1 Å². The maximum absolute atomic E-state index is 5.71. The molecule has 1 aromatic carbocycles. The Hall–Kier alpha value is -0.790. The predicted octanol–water partition coefficient (Wildman–Crippen LogP) is 3.40. The fourth-order valence-corrected chi connectivity index (χ4v) is 1.38. The molecule has 13 heavy (non-hydrogen) atoms. The summed E-state index contributed by atoms with van der Waals surface area (Å²) in [4.78, 5) is 4.05. The average Bonchev–Trinajstić information content (AvgIpc) is 2.17. The first kappa shape index (κ1) is 10.3. The standard InChI is InChI=1S/C10H8ClN.ClH/c11-6-8-1-2-9-3-4-12-7-10(9)5-8;/h1-5,7H,6H2;1H. The average molecular weight is 214 g/mol. The van der Waals surface area contributed by atoms with Crippen LogP contribution in [-0.4, -0.2) is 4.98 Å². The van der Waals surface area contributed by atoms with E-state index >= 15 is 0 Å². The van der Waals surface area contributed by atoms with Gasteiger partial charge in [-0.25, -0.2) is 0 Å². The molecule has 0 unspecified atom stereocenters. The van der Waals surface area contributed by atoms with Crippen molar-refractivity contribution in [3.63, 3.8) is 0 Å². The van der Waals surface area contributed by atoms with Crippen molar-refractivity contribution in [1.29, 1.82) is 0 Å². The molecule has 68 valence electrons. The van der Waals surface area contributed by atoms with Crippen molar-refractivity contribution >= 4 is 34.8 Å². The molecule has 0 amide bonds. The summed E-state index contributed by atoms with van der Waals surface area (Å²) in [5, 5.41) is 2.36. The third-order valence-corrected chi connectivity index (χ3v) is 2.17. The summed E-state index contributed by atoms with van der Waals surface area (Å²) in [6, 6.07) is 8.16. The normalized spacial score (nSPS) is 9.62. The molecule has 0 saturated carbocycles. The second-order valence-corrected chi connectivity index (χ2v) is 2.96. The zero-order chi connectivity index (χ0) is 8.39. The molecule has 0 atom stereocenters. The summed E-state index contributed by atoms with van der Waals surface area (Å²) in [6.07, 6.45) is 3.65. The van der Waals surface area contributed by atoms with Crippen LogP contribution in [0.1, 0.15) is 5.56 Å². The van der Waals surface area contributed by atoms with E-state index in [1.54, 1.807) is 6.20 Å². The number of halogens is 2. The van der Waals surface area contributed by atoms with Gasteiger partial charge in [0.1, 0.15) is 0 Å². The number of fused-ring (bicyclic) bond motifs is 1. The van der Waals surface area contributed by atoms with E-state index in [1.165, 1.54) is 5.39 Å². The van der Waals surface area contributed by atoms with Crippen molar-refractivity contribution in [3.8, 4) is 0 Å². The van der Waals surface area contributed by atoms with E-state index in [9.17, 15) is 0 Å². The van der Waals surface area contributed by atoms with Crippen LogP contribution in [0.25, 0.3) is 10.8 Å². The maximum Gasteiger partial charge on any atom is 0.0474 e. The second-order valence-electron chi connectivity index (χ2n) is 2.69. The van der Waals surface area contributed by atoms with Gasteiger partial charge in [0.2, 0.25) is 0 Å². The summed E-state index contributed by atoms with van der Waals surface area (Å²) in [6.45, 7) is 0. The monoisotopic (exact) mass is 213 g/mol. The number of rotatable bonds is 1. The Bertz CT molecular complexity index is 401. The van der Waals surface area contributed by atoms with Crippen LogP contribution in [0.2, 0.25) is 0 Å². The topological polar surface area (TPSA) is 12.9 Å². The lowest BCUT2D eigenvalue weighted by atomic mass is 10.1. The van der Waals surface area contributed by atoms with Gasteiger partial charge >= 0.3 is 0 Å². The number of benzene rings is 1. The molecular weight excluding hydrogens is 205 g/mol. The van der Waals surface area contributed by atoms with Gasteiger partial charge in [-0.2, -0.15) is 0 Å². The first-order chi connectivity index (χ1) is 5.90. The predicted molar refractivity (Wildman–Crippen MR) is 58.5 cm³/mol. The maximum atomic E-state index is 5.71. The minimum atomic E-state index is 0. The highest BCUT2D eigenvalue weighted by Crippen LogP contribution is 2.15. The molecule has 1 heterocycles. The molecule has 0 aliphatic rings. The third-order valence-electron chi connectivity index (χ3n) is 1.86. The molecule has 0 aliphatic heterocycles. The summed E-state index contributed by atoms with van der Waals surface area (Å²) in [7, 11) is 0. The molecule has 1 aromatic heterocycles. The lowest BCUT2D eigenvalue weighted by Crippen LogP contribution is -1.79. The molecule has 0 radical (unpaired) electrons. The largest absolute Gasteiger partial charge is 0.264 e. The van der Waals surface area contributed by atoms with Crippen LogP contribution >= 0.6 is 24.0 Å². The van der Waals surface area contributed by atoms with Crippen molar-refractivity contribution in [3.05, 3.63) is 42.2 Å². The third kappa shape index (κ3) is 2.11. The summed E-state index contributed by atoms with van der Waals surface area (Å²) in [5.41, 5.74) is 1.14. The minimum absolute atomic E-state index is 0. The zero-order valence-corrected chi connectivity index (χ0v) is 8.48. The Morgan fingerprint density at radius 1 is 1.15 bits per heavy atom. The number of pyridine rings is 1. The fraction of sp³-hybridized carbons (Fsp3) is 0.100. The van der Waals surface area contributed by atoms with Crippen LogP contribution in [0.5, 0.6) is 0 Å². The number of aromatic nitrogens is 1. The Labute approximate surface area is 88.2 Å². The van der Waals surface area contributed by atoms with Gasteiger partial charge < -0.3 is 0 Å². The number of hydrogen-bond donors (Lipinski definition) is 0. The smallest absolute Gasteiger partial charge is 0.0474 e. The first-order valence-electron chi connectivity index (χ1n) is 3.79. The molecule has 0 saturated heterocycles. The van der Waals surface area contributed by atoms with Crippen molar-refractivity contribution in [2.45, 2.75) is 5.88 Å². The molecule has 0 N–H and O–H groups in total. The Balaban J connectivity index is 0.000000845. The number of nitrogens with zero attached hydrogens (tertiary/aromatic N) is 1. The minimum Gasteiger partial charge on any atom is -0.264 e.